The Hall–Kier alpha value is -2.48. The average Bonchev–Trinajstić information content (AvgIpc) is 2.81. The largest absolute Gasteiger partial charge is 0.290 e. The highest BCUT2D eigenvalue weighted by Crippen LogP contribution is 2.35. The molecule has 0 bridgehead atoms. The van der Waals surface area contributed by atoms with Crippen molar-refractivity contribution in [3.8, 4) is 0 Å². The van der Waals surface area contributed by atoms with Crippen LogP contribution in [0.15, 0.2) is 85.1 Å². The van der Waals surface area contributed by atoms with E-state index in [0.717, 1.165) is 27.6 Å². The molecule has 5 rings (SSSR count). The molecule has 1 saturated heterocycles. The molecule has 3 aromatic carbocycles. The number of likely N-dealkylation sites (tertiary alicyclic amines) is 1. The standard InChI is InChI=1S/C26H23Cl2N3O2S/c27-22-8-4-19(5-9-22)26(20-6-10-23(28)11-7-20)31-16-24(17-31)34(32,33)30-15-18-3-12-25-21(14-18)2-1-13-29-25/h1-14,24,26,30H,15-17H2. The molecule has 0 amide bonds. The third-order valence-electron chi connectivity index (χ3n) is 6.20. The van der Waals surface area contributed by atoms with Crippen molar-refractivity contribution in [1.29, 1.82) is 0 Å². The highest BCUT2D eigenvalue weighted by Gasteiger charge is 2.41. The molecule has 174 valence electrons. The average molecular weight is 512 g/mol. The Balaban J connectivity index is 1.29. The zero-order valence-corrected chi connectivity index (χ0v) is 20.6. The second-order valence-electron chi connectivity index (χ2n) is 8.48. The lowest BCUT2D eigenvalue weighted by Crippen LogP contribution is -2.58. The number of benzene rings is 3. The van der Waals surface area contributed by atoms with Gasteiger partial charge >= 0.3 is 0 Å². The quantitative estimate of drug-likeness (QED) is 0.359. The van der Waals surface area contributed by atoms with Crippen molar-refractivity contribution in [3.63, 3.8) is 0 Å². The minimum atomic E-state index is -3.47. The third-order valence-corrected chi connectivity index (χ3v) is 8.42. The number of rotatable bonds is 7. The number of pyridine rings is 1. The Morgan fingerprint density at radius 1 is 0.912 bits per heavy atom. The summed E-state index contributed by atoms with van der Waals surface area (Å²) in [7, 11) is -3.47. The lowest BCUT2D eigenvalue weighted by molar-refractivity contribution is 0.143. The first-order valence-electron chi connectivity index (χ1n) is 11.0. The molecule has 4 aromatic rings. The fraction of sp³-hybridized carbons (Fsp3) is 0.192. The van der Waals surface area contributed by atoms with E-state index in [1.807, 2.05) is 78.9 Å². The van der Waals surface area contributed by atoms with Gasteiger partial charge in [-0.2, -0.15) is 0 Å². The van der Waals surface area contributed by atoms with Crippen LogP contribution in [0, 0.1) is 0 Å². The molecule has 0 atom stereocenters. The summed E-state index contributed by atoms with van der Waals surface area (Å²) in [5.74, 6) is 0. The number of halogens is 2. The first-order valence-corrected chi connectivity index (χ1v) is 13.3. The van der Waals surface area contributed by atoms with E-state index >= 15 is 0 Å². The van der Waals surface area contributed by atoms with Gasteiger partial charge in [0.15, 0.2) is 0 Å². The van der Waals surface area contributed by atoms with Crippen LogP contribution in [0.4, 0.5) is 0 Å². The first-order chi connectivity index (χ1) is 16.4. The first kappa shape index (κ1) is 23.3. The van der Waals surface area contributed by atoms with Crippen LogP contribution in [0.5, 0.6) is 0 Å². The van der Waals surface area contributed by atoms with E-state index in [9.17, 15) is 8.42 Å². The molecule has 1 N–H and O–H groups in total. The molecular weight excluding hydrogens is 489 g/mol. The minimum Gasteiger partial charge on any atom is -0.290 e. The number of aromatic nitrogens is 1. The van der Waals surface area contributed by atoms with Crippen molar-refractivity contribution in [1.82, 2.24) is 14.6 Å². The molecule has 0 unspecified atom stereocenters. The number of nitrogens with one attached hydrogen (secondary N) is 1. The summed E-state index contributed by atoms with van der Waals surface area (Å²) in [6.45, 7) is 1.13. The maximum atomic E-state index is 13.0. The van der Waals surface area contributed by atoms with E-state index in [2.05, 4.69) is 14.6 Å². The van der Waals surface area contributed by atoms with Gasteiger partial charge in [0.1, 0.15) is 5.25 Å². The molecule has 1 aliphatic heterocycles. The summed E-state index contributed by atoms with van der Waals surface area (Å²) < 4.78 is 28.8. The summed E-state index contributed by atoms with van der Waals surface area (Å²) >= 11 is 12.2. The van der Waals surface area contributed by atoms with E-state index in [4.69, 9.17) is 23.2 Å². The Kier molecular flexibility index (Phi) is 6.60. The minimum absolute atomic E-state index is 0.0750. The van der Waals surface area contributed by atoms with Crippen LogP contribution in [0.1, 0.15) is 22.7 Å². The van der Waals surface area contributed by atoms with Crippen LogP contribution in [0.3, 0.4) is 0 Å². The fourth-order valence-electron chi connectivity index (χ4n) is 4.32. The Morgan fingerprint density at radius 3 is 2.15 bits per heavy atom. The van der Waals surface area contributed by atoms with Gasteiger partial charge in [0.05, 0.1) is 11.6 Å². The molecular formula is C26H23Cl2N3O2S. The second-order valence-corrected chi connectivity index (χ2v) is 11.4. The van der Waals surface area contributed by atoms with Crippen LogP contribution < -0.4 is 4.72 Å². The van der Waals surface area contributed by atoms with Gasteiger partial charge in [0.2, 0.25) is 10.0 Å². The van der Waals surface area contributed by atoms with E-state index < -0.39 is 15.3 Å². The van der Waals surface area contributed by atoms with Crippen LogP contribution in [-0.2, 0) is 16.6 Å². The van der Waals surface area contributed by atoms with E-state index in [1.54, 1.807) is 6.20 Å². The third kappa shape index (κ3) is 4.97. The second kappa shape index (κ2) is 9.64. The van der Waals surface area contributed by atoms with Crippen molar-refractivity contribution in [3.05, 3.63) is 112 Å². The van der Waals surface area contributed by atoms with Crippen molar-refractivity contribution < 1.29 is 8.42 Å². The number of hydrogen-bond acceptors (Lipinski definition) is 4. The zero-order valence-electron chi connectivity index (χ0n) is 18.2. The normalized spacial score (nSPS) is 15.0. The summed E-state index contributed by atoms with van der Waals surface area (Å²) in [5.41, 5.74) is 3.90. The SMILES string of the molecule is O=S(=O)(NCc1ccc2ncccc2c1)C1CN(C(c2ccc(Cl)cc2)c2ccc(Cl)cc2)C1. The fourth-order valence-corrected chi connectivity index (χ4v) is 5.95. The van der Waals surface area contributed by atoms with Crippen molar-refractivity contribution in [2.45, 2.75) is 17.8 Å². The van der Waals surface area contributed by atoms with Gasteiger partial charge in [-0.1, -0.05) is 59.6 Å². The molecule has 0 spiro atoms. The molecule has 1 aliphatic rings. The molecule has 2 heterocycles. The molecule has 1 fully saturated rings. The van der Waals surface area contributed by atoms with E-state index in [-0.39, 0.29) is 12.6 Å². The van der Waals surface area contributed by atoms with Crippen molar-refractivity contribution in [2.24, 2.45) is 0 Å². The maximum Gasteiger partial charge on any atom is 0.217 e. The summed E-state index contributed by atoms with van der Waals surface area (Å²) in [6.07, 6.45) is 1.74. The molecule has 1 aromatic heterocycles. The van der Waals surface area contributed by atoms with E-state index in [0.29, 0.717) is 23.1 Å². The summed E-state index contributed by atoms with van der Waals surface area (Å²) in [6, 6.07) is 24.9. The monoisotopic (exact) mass is 511 g/mol. The summed E-state index contributed by atoms with van der Waals surface area (Å²) in [5, 5.41) is 1.84. The van der Waals surface area contributed by atoms with E-state index in [1.165, 1.54) is 0 Å². The number of nitrogens with zero attached hydrogens (tertiary/aromatic N) is 2. The summed E-state index contributed by atoms with van der Waals surface area (Å²) in [4.78, 5) is 6.47. The highest BCUT2D eigenvalue weighted by atomic mass is 35.5. The molecule has 34 heavy (non-hydrogen) atoms. The predicted molar refractivity (Wildman–Crippen MR) is 138 cm³/mol. The molecule has 5 nitrogen and oxygen atoms in total. The van der Waals surface area contributed by atoms with Gasteiger partial charge < -0.3 is 0 Å². The van der Waals surface area contributed by atoms with Gasteiger partial charge in [0.25, 0.3) is 0 Å². The maximum absolute atomic E-state index is 13.0. The van der Waals surface area contributed by atoms with Gasteiger partial charge in [-0.25, -0.2) is 13.1 Å². The molecule has 0 aliphatic carbocycles. The zero-order chi connectivity index (χ0) is 23.7. The van der Waals surface area contributed by atoms with Crippen molar-refractivity contribution in [2.75, 3.05) is 13.1 Å². The molecule has 8 heteroatoms. The Labute approximate surface area is 209 Å². The topological polar surface area (TPSA) is 62.3 Å². The van der Waals surface area contributed by atoms with Gasteiger partial charge in [0, 0.05) is 41.3 Å². The van der Waals surface area contributed by atoms with Crippen molar-refractivity contribution >= 4 is 44.1 Å². The Morgan fingerprint density at radius 2 is 1.53 bits per heavy atom. The van der Waals surface area contributed by atoms with Gasteiger partial charge in [-0.3, -0.25) is 9.88 Å². The molecule has 0 saturated carbocycles. The highest BCUT2D eigenvalue weighted by molar-refractivity contribution is 7.90. The van der Waals surface area contributed by atoms with Gasteiger partial charge in [-0.15, -0.1) is 0 Å². The lowest BCUT2D eigenvalue weighted by Gasteiger charge is -2.44. The molecule has 0 radical (unpaired) electrons. The van der Waals surface area contributed by atoms with Crippen LogP contribution in [0.25, 0.3) is 10.9 Å². The number of fused-ring (bicyclic) bond motifs is 1. The smallest absolute Gasteiger partial charge is 0.217 e. The van der Waals surface area contributed by atoms with Crippen LogP contribution in [0.2, 0.25) is 10.0 Å². The predicted octanol–water partition coefficient (Wildman–Crippen LogP) is 5.43. The Bertz CT molecular complexity index is 1360. The number of sulfonamides is 1. The van der Waals surface area contributed by atoms with Crippen LogP contribution >= 0.6 is 23.2 Å². The number of hydrogen-bond donors (Lipinski definition) is 1. The van der Waals surface area contributed by atoms with Crippen LogP contribution in [-0.4, -0.2) is 36.6 Å². The lowest BCUT2D eigenvalue weighted by atomic mass is 9.94. The van der Waals surface area contributed by atoms with Gasteiger partial charge in [-0.05, 0) is 59.2 Å².